The van der Waals surface area contributed by atoms with Crippen LogP contribution in [-0.4, -0.2) is 16.3 Å². The fourth-order valence-corrected chi connectivity index (χ4v) is 0. The zero-order valence-corrected chi connectivity index (χ0v) is 8.16. The fraction of sp³-hybridized carbons (Fsp3) is 1.00. The maximum absolute atomic E-state index is 8.41. The third-order valence-electron chi connectivity index (χ3n) is 0. The predicted octanol–water partition coefficient (Wildman–Crippen LogP) is -6.54. The fourth-order valence-electron chi connectivity index (χ4n) is 0. The molecule has 0 unspecified atom stereocenters. The van der Waals surface area contributed by atoms with Gasteiger partial charge >= 0.3 is 28.5 Å². The van der Waals surface area contributed by atoms with E-state index in [0.717, 1.165) is 0 Å². The zero-order valence-electron chi connectivity index (χ0n) is 5.49. The Morgan fingerprint density at radius 2 is 0.909 bits per heavy atom. The van der Waals surface area contributed by atoms with Crippen molar-refractivity contribution in [2.45, 2.75) is 12.2 Å². The van der Waals surface area contributed by atoms with Crippen molar-refractivity contribution in [1.82, 2.24) is 0 Å². The smallest absolute Gasteiger partial charge is 0.0695 e. The second kappa shape index (κ2) is 17.1. The van der Waals surface area contributed by atoms with E-state index in [4.69, 9.17) is 28.0 Å². The zero-order chi connectivity index (χ0) is 9.86. The van der Waals surface area contributed by atoms with Crippen LogP contribution in [0.15, 0.2) is 0 Å². The molecule has 11 heavy (non-hydrogen) atoms. The van der Waals surface area contributed by atoms with E-state index in [1.807, 2.05) is 0 Å². The second-order valence-electron chi connectivity index (χ2n) is 0.786. The minimum Gasteiger partial charge on any atom is -0.357 e. The van der Waals surface area contributed by atoms with Gasteiger partial charge in [0.2, 0.25) is 0 Å². The van der Waals surface area contributed by atoms with Gasteiger partial charge < -0.3 is 28.0 Å². The molecule has 0 bridgehead atoms. The van der Waals surface area contributed by atoms with Crippen molar-refractivity contribution in [2.75, 3.05) is 0 Å². The van der Waals surface area contributed by atoms with Crippen molar-refractivity contribution < 1.29 is 49.5 Å². The Hall–Kier alpha value is 0.872. The molecule has 0 radical (unpaired) electrons. The Morgan fingerprint density at radius 1 is 0.909 bits per heavy atom. The Labute approximate surface area is 78.3 Å². The molecule has 0 heterocycles. The summed E-state index contributed by atoms with van der Waals surface area (Å²) < 4.78 is 50.4. The van der Waals surface area contributed by atoms with E-state index in [0.29, 0.717) is 0 Å². The summed E-state index contributed by atoms with van der Waals surface area (Å²) in [4.78, 5) is 0. The SMILES string of the molecule is C[CH2][Al+2].[O-][Cl+2]([O-])[O-].[O-][Cl+2]([O-])[O-]. The van der Waals surface area contributed by atoms with Crippen molar-refractivity contribution in [2.24, 2.45) is 0 Å². The molecule has 0 N–H and O–H groups in total. The third kappa shape index (κ3) is 1120. The summed E-state index contributed by atoms with van der Waals surface area (Å²) >= 11 is 2.58. The number of hydrogen-bond acceptors (Lipinski definition) is 6. The van der Waals surface area contributed by atoms with Gasteiger partial charge in [-0.2, -0.15) is 0 Å². The normalized spacial score (nSPS) is 8.27. The standard InChI is InChI=1S/C2H5.Al.2ClO3/c1-2;;2*2-1(3)4/h1H2,2H3;;;/q;+2;2*-1. The summed E-state index contributed by atoms with van der Waals surface area (Å²) in [6.45, 7) is 2.09. The van der Waals surface area contributed by atoms with Crippen LogP contribution in [0.2, 0.25) is 5.28 Å². The molecule has 0 aromatic heterocycles. The molecular formula is C2H5AlCl2O6. The van der Waals surface area contributed by atoms with Crippen LogP contribution in [0.1, 0.15) is 6.92 Å². The Bertz CT molecular complexity index is 42.3. The molecule has 0 saturated carbocycles. The van der Waals surface area contributed by atoms with Crippen molar-refractivity contribution in [3.05, 3.63) is 0 Å². The minimum absolute atomic E-state index is 1.17. The van der Waals surface area contributed by atoms with E-state index in [2.05, 4.69) is 23.2 Å². The summed E-state index contributed by atoms with van der Waals surface area (Å²) in [7, 11) is -5.70. The van der Waals surface area contributed by atoms with E-state index in [1.54, 1.807) is 0 Å². The van der Waals surface area contributed by atoms with Crippen LogP contribution in [0, 0.1) is 21.6 Å². The minimum atomic E-state index is -2.85. The largest absolute Gasteiger partial charge is 0.357 e. The van der Waals surface area contributed by atoms with Gasteiger partial charge in [0.05, 0.1) is 21.6 Å². The molecule has 0 atom stereocenters. The molecule has 0 rings (SSSR count). The molecular weight excluding hydrogens is 218 g/mol. The Balaban J connectivity index is -0.0000000886. The van der Waals surface area contributed by atoms with Gasteiger partial charge in [-0.25, -0.2) is 0 Å². The summed E-state index contributed by atoms with van der Waals surface area (Å²) in [5.41, 5.74) is 0. The average Bonchev–Trinajstić information content (AvgIpc) is 1.60. The van der Waals surface area contributed by atoms with Gasteiger partial charge in [-0.05, 0) is 0 Å². The van der Waals surface area contributed by atoms with E-state index in [1.165, 1.54) is 5.28 Å². The van der Waals surface area contributed by atoms with Gasteiger partial charge in [-0.1, -0.05) is 0 Å². The molecule has 0 saturated heterocycles. The molecule has 0 aliphatic rings. The van der Waals surface area contributed by atoms with Crippen LogP contribution in [0.5, 0.6) is 0 Å². The number of hydrogen-bond donors (Lipinski definition) is 0. The molecule has 0 aliphatic heterocycles. The maximum Gasteiger partial charge on any atom is 0.0695 e. The van der Waals surface area contributed by atoms with Gasteiger partial charge in [0.1, 0.15) is 0 Å². The van der Waals surface area contributed by atoms with E-state index in [-0.39, 0.29) is 0 Å². The first-order valence-electron chi connectivity index (χ1n) is 2.04. The molecule has 0 amide bonds. The van der Waals surface area contributed by atoms with Crippen LogP contribution >= 0.6 is 0 Å². The summed E-state index contributed by atoms with van der Waals surface area (Å²) in [6, 6.07) is 0. The second-order valence-corrected chi connectivity index (χ2v) is 2.36. The molecule has 66 valence electrons. The first-order valence-corrected chi connectivity index (χ1v) is 4.71. The van der Waals surface area contributed by atoms with Crippen LogP contribution < -0.4 is 28.0 Å². The summed E-state index contributed by atoms with van der Waals surface area (Å²) in [6.07, 6.45) is 0. The van der Waals surface area contributed by atoms with Crippen LogP contribution in [0.4, 0.5) is 0 Å². The monoisotopic (exact) mass is 222 g/mol. The third-order valence-corrected chi connectivity index (χ3v) is 0. The van der Waals surface area contributed by atoms with Crippen molar-refractivity contribution in [1.29, 1.82) is 0 Å². The van der Waals surface area contributed by atoms with Crippen molar-refractivity contribution in [3.63, 3.8) is 0 Å². The molecule has 0 spiro atoms. The molecule has 9 heteroatoms. The first-order chi connectivity index (χ1) is 4.88. The van der Waals surface area contributed by atoms with E-state index >= 15 is 0 Å². The van der Waals surface area contributed by atoms with Gasteiger partial charge in [0.15, 0.2) is 0 Å². The molecule has 0 aromatic rings. The number of halogens is 2. The Kier molecular flexibility index (Phi) is 27.7. The number of rotatable bonds is 0. The van der Waals surface area contributed by atoms with Crippen LogP contribution in [0.3, 0.4) is 0 Å². The molecule has 0 aliphatic carbocycles. The maximum atomic E-state index is 8.41. The van der Waals surface area contributed by atoms with Crippen LogP contribution in [0.25, 0.3) is 0 Å². The molecule has 6 nitrogen and oxygen atoms in total. The Morgan fingerprint density at radius 3 is 0.909 bits per heavy atom. The van der Waals surface area contributed by atoms with E-state index < -0.39 is 21.6 Å². The summed E-state index contributed by atoms with van der Waals surface area (Å²) in [5, 5.41) is 1.17. The predicted molar refractivity (Wildman–Crippen MR) is 16.2 cm³/mol. The quantitative estimate of drug-likeness (QED) is 0.374. The average molecular weight is 223 g/mol. The van der Waals surface area contributed by atoms with Crippen molar-refractivity contribution in [3.8, 4) is 0 Å². The first kappa shape index (κ1) is 17.8. The van der Waals surface area contributed by atoms with Gasteiger partial charge in [-0.3, -0.25) is 0 Å². The molecule has 0 fully saturated rings. The summed E-state index contributed by atoms with van der Waals surface area (Å²) in [5.74, 6) is 0. The van der Waals surface area contributed by atoms with Gasteiger partial charge in [0.25, 0.3) is 0 Å². The molecule has 0 aromatic carbocycles. The van der Waals surface area contributed by atoms with Crippen molar-refractivity contribution >= 4 is 16.3 Å². The van der Waals surface area contributed by atoms with Crippen LogP contribution in [-0.2, 0) is 0 Å². The van der Waals surface area contributed by atoms with E-state index in [9.17, 15) is 0 Å². The topological polar surface area (TPSA) is 138 Å². The van der Waals surface area contributed by atoms with Gasteiger partial charge in [-0.15, -0.1) is 0 Å². The van der Waals surface area contributed by atoms with Gasteiger partial charge in [0, 0.05) is 0 Å².